The van der Waals surface area contributed by atoms with Crippen LogP contribution in [0.5, 0.6) is 0 Å². The lowest BCUT2D eigenvalue weighted by molar-refractivity contribution is 0.0948. The van der Waals surface area contributed by atoms with Crippen molar-refractivity contribution in [1.82, 2.24) is 15.3 Å². The molecule has 122 valence electrons. The predicted octanol–water partition coefficient (Wildman–Crippen LogP) is 4.21. The quantitative estimate of drug-likeness (QED) is 0.710. The number of nitrogens with one attached hydrogen (secondary N) is 2. The average molecular weight is 377 g/mol. The van der Waals surface area contributed by atoms with Gasteiger partial charge >= 0.3 is 0 Å². The molecule has 2 aromatic rings. The first-order valence-corrected chi connectivity index (χ1v) is 8.54. The molecule has 0 aliphatic rings. The summed E-state index contributed by atoms with van der Waals surface area (Å²) in [6, 6.07) is 9.39. The molecule has 1 aromatic carbocycles. The van der Waals surface area contributed by atoms with E-state index >= 15 is 0 Å². The van der Waals surface area contributed by atoms with Crippen LogP contribution >= 0.6 is 15.9 Å². The van der Waals surface area contributed by atoms with E-state index in [2.05, 4.69) is 43.5 Å². The smallest absolute Gasteiger partial charge is 0.270 e. The van der Waals surface area contributed by atoms with E-state index in [1.54, 1.807) is 6.07 Å². The minimum atomic E-state index is -0.162. The molecule has 0 aliphatic carbocycles. The molecule has 6 heteroatoms. The van der Waals surface area contributed by atoms with Crippen LogP contribution in [0.4, 0.5) is 11.6 Å². The summed E-state index contributed by atoms with van der Waals surface area (Å²) in [4.78, 5) is 20.8. The average Bonchev–Trinajstić information content (AvgIpc) is 2.53. The third kappa shape index (κ3) is 5.63. The number of benzene rings is 1. The first-order valence-electron chi connectivity index (χ1n) is 7.75. The molecule has 0 unspecified atom stereocenters. The fourth-order valence-corrected chi connectivity index (χ4v) is 2.33. The monoisotopic (exact) mass is 376 g/mol. The van der Waals surface area contributed by atoms with Crippen LogP contribution in [0, 0.1) is 6.92 Å². The van der Waals surface area contributed by atoms with Crippen LogP contribution in [0.3, 0.4) is 0 Å². The van der Waals surface area contributed by atoms with E-state index in [4.69, 9.17) is 0 Å². The molecule has 0 atom stereocenters. The van der Waals surface area contributed by atoms with Crippen molar-refractivity contribution in [3.05, 3.63) is 46.2 Å². The molecule has 1 aromatic heterocycles. The summed E-state index contributed by atoms with van der Waals surface area (Å²) in [7, 11) is 0. The number of hydrogen-bond acceptors (Lipinski definition) is 4. The summed E-state index contributed by atoms with van der Waals surface area (Å²) in [5.74, 6) is 0.261. The van der Waals surface area contributed by atoms with E-state index < -0.39 is 0 Å². The lowest BCUT2D eigenvalue weighted by Crippen LogP contribution is -2.25. The summed E-state index contributed by atoms with van der Waals surface area (Å²) in [6.07, 6.45) is 3.22. The van der Waals surface area contributed by atoms with Crippen LogP contribution in [-0.4, -0.2) is 22.4 Å². The summed E-state index contributed by atoms with van der Waals surface area (Å²) in [6.45, 7) is 4.66. The van der Waals surface area contributed by atoms with Gasteiger partial charge in [-0.15, -0.1) is 0 Å². The molecule has 0 saturated carbocycles. The van der Waals surface area contributed by atoms with Crippen molar-refractivity contribution >= 4 is 33.5 Å². The van der Waals surface area contributed by atoms with E-state index in [0.717, 1.165) is 35.1 Å². The first-order chi connectivity index (χ1) is 11.1. The number of anilines is 2. The number of aryl methyl sites for hydroxylation is 1. The van der Waals surface area contributed by atoms with Gasteiger partial charge in [-0.05, 0) is 43.7 Å². The molecule has 1 amide bonds. The van der Waals surface area contributed by atoms with E-state index in [1.165, 1.54) is 0 Å². The zero-order valence-corrected chi connectivity index (χ0v) is 15.0. The Morgan fingerprint density at radius 3 is 2.61 bits per heavy atom. The SMILES string of the molecule is CCCCCNC(=O)c1cc(C)nc(Nc2ccc(Br)cc2)n1. The summed E-state index contributed by atoms with van der Waals surface area (Å²) in [5.41, 5.74) is 2.00. The van der Waals surface area contributed by atoms with Crippen molar-refractivity contribution in [3.8, 4) is 0 Å². The molecule has 1 heterocycles. The van der Waals surface area contributed by atoms with Crippen LogP contribution in [0.15, 0.2) is 34.8 Å². The van der Waals surface area contributed by atoms with Gasteiger partial charge in [0.15, 0.2) is 0 Å². The van der Waals surface area contributed by atoms with Gasteiger partial charge in [-0.25, -0.2) is 9.97 Å². The number of halogens is 1. The maximum absolute atomic E-state index is 12.2. The van der Waals surface area contributed by atoms with Gasteiger partial charge in [-0.2, -0.15) is 0 Å². The minimum absolute atomic E-state index is 0.162. The maximum Gasteiger partial charge on any atom is 0.270 e. The van der Waals surface area contributed by atoms with E-state index in [9.17, 15) is 4.79 Å². The summed E-state index contributed by atoms with van der Waals surface area (Å²) >= 11 is 3.40. The van der Waals surface area contributed by atoms with E-state index in [0.29, 0.717) is 18.2 Å². The van der Waals surface area contributed by atoms with Gasteiger partial charge < -0.3 is 10.6 Å². The Kier molecular flexibility index (Phi) is 6.52. The van der Waals surface area contributed by atoms with Crippen LogP contribution < -0.4 is 10.6 Å². The molecular formula is C17H21BrN4O. The highest BCUT2D eigenvalue weighted by Gasteiger charge is 2.10. The Morgan fingerprint density at radius 1 is 1.17 bits per heavy atom. The van der Waals surface area contributed by atoms with Gasteiger partial charge in [0.1, 0.15) is 5.69 Å². The van der Waals surface area contributed by atoms with Crippen LogP contribution in [0.2, 0.25) is 0 Å². The predicted molar refractivity (Wildman–Crippen MR) is 96.1 cm³/mol. The Morgan fingerprint density at radius 2 is 1.91 bits per heavy atom. The zero-order chi connectivity index (χ0) is 16.7. The normalized spacial score (nSPS) is 10.4. The number of carbonyl (C=O) groups excluding carboxylic acids is 1. The Bertz CT molecular complexity index is 658. The van der Waals surface area contributed by atoms with Crippen LogP contribution in [0.1, 0.15) is 42.4 Å². The molecule has 0 saturated heterocycles. The van der Waals surface area contributed by atoms with Crippen molar-refractivity contribution in [2.75, 3.05) is 11.9 Å². The molecule has 23 heavy (non-hydrogen) atoms. The van der Waals surface area contributed by atoms with Crippen molar-refractivity contribution in [1.29, 1.82) is 0 Å². The van der Waals surface area contributed by atoms with Gasteiger partial charge in [0.05, 0.1) is 0 Å². The van der Waals surface area contributed by atoms with Gasteiger partial charge in [0.2, 0.25) is 5.95 Å². The molecule has 5 nitrogen and oxygen atoms in total. The molecule has 0 fully saturated rings. The standard InChI is InChI=1S/C17H21BrN4O/c1-3-4-5-10-19-16(23)15-11-12(2)20-17(22-15)21-14-8-6-13(18)7-9-14/h6-9,11H,3-5,10H2,1-2H3,(H,19,23)(H,20,21,22). The third-order valence-corrected chi connectivity index (χ3v) is 3.78. The molecular weight excluding hydrogens is 356 g/mol. The molecule has 2 N–H and O–H groups in total. The van der Waals surface area contributed by atoms with Gasteiger partial charge in [-0.1, -0.05) is 35.7 Å². The highest BCUT2D eigenvalue weighted by atomic mass is 79.9. The lowest BCUT2D eigenvalue weighted by atomic mass is 10.2. The van der Waals surface area contributed by atoms with Crippen LogP contribution in [-0.2, 0) is 0 Å². The molecule has 0 aliphatic heterocycles. The van der Waals surface area contributed by atoms with Crippen molar-refractivity contribution in [2.45, 2.75) is 33.1 Å². The highest BCUT2D eigenvalue weighted by Crippen LogP contribution is 2.17. The largest absolute Gasteiger partial charge is 0.351 e. The Labute approximate surface area is 145 Å². The van der Waals surface area contributed by atoms with Crippen LogP contribution in [0.25, 0.3) is 0 Å². The molecule has 2 rings (SSSR count). The van der Waals surface area contributed by atoms with Gasteiger partial charge in [0.25, 0.3) is 5.91 Å². The first kappa shape index (κ1) is 17.4. The fraction of sp³-hybridized carbons (Fsp3) is 0.353. The fourth-order valence-electron chi connectivity index (χ4n) is 2.07. The van der Waals surface area contributed by atoms with E-state index in [-0.39, 0.29) is 5.91 Å². The number of hydrogen-bond donors (Lipinski definition) is 2. The number of aromatic nitrogens is 2. The summed E-state index contributed by atoms with van der Waals surface area (Å²) < 4.78 is 1.00. The second kappa shape index (κ2) is 8.62. The van der Waals surface area contributed by atoms with Gasteiger partial charge in [-0.3, -0.25) is 4.79 Å². The van der Waals surface area contributed by atoms with Gasteiger partial charge in [0, 0.05) is 22.4 Å². The second-order valence-electron chi connectivity index (χ2n) is 5.31. The maximum atomic E-state index is 12.2. The molecule has 0 spiro atoms. The Hall–Kier alpha value is -1.95. The highest BCUT2D eigenvalue weighted by molar-refractivity contribution is 9.10. The summed E-state index contributed by atoms with van der Waals surface area (Å²) in [5, 5.41) is 6.02. The molecule has 0 radical (unpaired) electrons. The number of unbranched alkanes of at least 4 members (excludes halogenated alkanes) is 2. The number of rotatable bonds is 7. The van der Waals surface area contributed by atoms with Crippen molar-refractivity contribution in [2.24, 2.45) is 0 Å². The third-order valence-electron chi connectivity index (χ3n) is 3.25. The number of amides is 1. The molecule has 0 bridgehead atoms. The van der Waals surface area contributed by atoms with Crippen molar-refractivity contribution in [3.63, 3.8) is 0 Å². The lowest BCUT2D eigenvalue weighted by Gasteiger charge is -2.09. The van der Waals surface area contributed by atoms with Crippen molar-refractivity contribution < 1.29 is 4.79 Å². The minimum Gasteiger partial charge on any atom is -0.351 e. The zero-order valence-electron chi connectivity index (χ0n) is 13.4. The second-order valence-corrected chi connectivity index (χ2v) is 6.23. The van der Waals surface area contributed by atoms with E-state index in [1.807, 2.05) is 31.2 Å². The number of nitrogens with zero attached hydrogens (tertiary/aromatic N) is 2. The Balaban J connectivity index is 2.05. The topological polar surface area (TPSA) is 66.9 Å². The number of carbonyl (C=O) groups is 1.